The molecule has 0 aliphatic carbocycles. The average molecular weight is 350 g/mol. The van der Waals surface area contributed by atoms with Crippen LogP contribution in [0.15, 0.2) is 53.6 Å². The minimum atomic E-state index is -3.27. The lowest BCUT2D eigenvalue weighted by Crippen LogP contribution is -2.15. The smallest absolute Gasteiger partial charge is 0.267 e. The second-order valence-corrected chi connectivity index (χ2v) is 7.05. The Morgan fingerprint density at radius 3 is 2.83 bits per heavy atom. The molecular weight excluding hydrogens is 332 g/mol. The minimum absolute atomic E-state index is 0.208. The van der Waals surface area contributed by atoms with Crippen molar-refractivity contribution >= 4 is 21.8 Å². The van der Waals surface area contributed by atoms with Gasteiger partial charge in [0, 0.05) is 24.2 Å². The topological polar surface area (TPSA) is 97.6 Å². The van der Waals surface area contributed by atoms with Crippen molar-refractivity contribution in [3.63, 3.8) is 0 Å². The molecule has 0 saturated heterocycles. The standard InChI is InChI=1S/C16H18N2O5S/c1-24(21,22)15-6-2-5-14(12-15)23-11-10-18-9-3-4-13(18)7-8-16(19)17-20/h2-9,12,20H,10-11H2,1H3,(H,17,19)/b8-7+. The van der Waals surface area contributed by atoms with Crippen LogP contribution < -0.4 is 10.2 Å². The molecule has 128 valence electrons. The molecule has 0 spiro atoms. The quantitative estimate of drug-likeness (QED) is 0.448. The molecule has 0 unspecified atom stereocenters. The van der Waals surface area contributed by atoms with Gasteiger partial charge in [-0.15, -0.1) is 0 Å². The van der Waals surface area contributed by atoms with Crippen LogP contribution in [-0.2, 0) is 21.2 Å². The van der Waals surface area contributed by atoms with E-state index in [-0.39, 0.29) is 4.90 Å². The summed E-state index contributed by atoms with van der Waals surface area (Å²) in [7, 11) is -3.27. The van der Waals surface area contributed by atoms with Gasteiger partial charge in [0.05, 0.1) is 11.4 Å². The second-order valence-electron chi connectivity index (χ2n) is 5.03. The number of hydrogen-bond acceptors (Lipinski definition) is 5. The molecule has 0 saturated carbocycles. The van der Waals surface area contributed by atoms with Crippen molar-refractivity contribution in [2.24, 2.45) is 0 Å². The van der Waals surface area contributed by atoms with Crippen LogP contribution in [0.4, 0.5) is 0 Å². The zero-order valence-electron chi connectivity index (χ0n) is 13.0. The van der Waals surface area contributed by atoms with Gasteiger partial charge in [-0.2, -0.15) is 0 Å². The highest BCUT2D eigenvalue weighted by Gasteiger charge is 2.08. The first-order chi connectivity index (χ1) is 11.4. The molecule has 2 N–H and O–H groups in total. The van der Waals surface area contributed by atoms with E-state index in [4.69, 9.17) is 9.94 Å². The van der Waals surface area contributed by atoms with Gasteiger partial charge in [0.2, 0.25) is 0 Å². The third-order valence-corrected chi connectivity index (χ3v) is 4.33. The lowest BCUT2D eigenvalue weighted by molar-refractivity contribution is -0.124. The molecule has 7 nitrogen and oxygen atoms in total. The number of amides is 1. The van der Waals surface area contributed by atoms with E-state index in [9.17, 15) is 13.2 Å². The predicted molar refractivity (Wildman–Crippen MR) is 88.4 cm³/mol. The highest BCUT2D eigenvalue weighted by molar-refractivity contribution is 7.90. The van der Waals surface area contributed by atoms with E-state index in [2.05, 4.69) is 0 Å². The molecule has 0 fully saturated rings. The maximum atomic E-state index is 11.5. The Morgan fingerprint density at radius 2 is 2.12 bits per heavy atom. The van der Waals surface area contributed by atoms with Crippen molar-refractivity contribution in [1.29, 1.82) is 0 Å². The Balaban J connectivity index is 1.97. The van der Waals surface area contributed by atoms with Crippen molar-refractivity contribution < 1.29 is 23.2 Å². The minimum Gasteiger partial charge on any atom is -0.492 e. The normalized spacial score (nSPS) is 11.6. The number of carbonyl (C=O) groups is 1. The van der Waals surface area contributed by atoms with Gasteiger partial charge in [0.15, 0.2) is 9.84 Å². The maximum absolute atomic E-state index is 11.5. The number of nitrogens with zero attached hydrogens (tertiary/aromatic N) is 1. The molecule has 0 radical (unpaired) electrons. The molecule has 1 aromatic heterocycles. The Bertz CT molecular complexity index is 840. The van der Waals surface area contributed by atoms with Crippen LogP contribution in [0.25, 0.3) is 6.08 Å². The van der Waals surface area contributed by atoms with E-state index >= 15 is 0 Å². The van der Waals surface area contributed by atoms with Crippen LogP contribution in [0.3, 0.4) is 0 Å². The van der Waals surface area contributed by atoms with E-state index in [1.807, 2.05) is 22.9 Å². The van der Waals surface area contributed by atoms with Gasteiger partial charge >= 0.3 is 0 Å². The predicted octanol–water partition coefficient (Wildman–Crippen LogP) is 1.49. The number of nitrogens with one attached hydrogen (secondary N) is 1. The fourth-order valence-corrected chi connectivity index (χ4v) is 2.69. The Morgan fingerprint density at radius 1 is 1.33 bits per heavy atom. The van der Waals surface area contributed by atoms with E-state index in [0.29, 0.717) is 18.9 Å². The molecule has 0 aliphatic rings. The van der Waals surface area contributed by atoms with Gasteiger partial charge in [-0.3, -0.25) is 10.0 Å². The zero-order chi connectivity index (χ0) is 17.6. The van der Waals surface area contributed by atoms with Gasteiger partial charge in [0.25, 0.3) is 5.91 Å². The SMILES string of the molecule is CS(=O)(=O)c1cccc(OCCn2cccc2/C=C/C(=O)NO)c1. The third-order valence-electron chi connectivity index (χ3n) is 3.21. The summed E-state index contributed by atoms with van der Waals surface area (Å²) in [4.78, 5) is 11.2. The summed E-state index contributed by atoms with van der Waals surface area (Å²) in [6, 6.07) is 9.95. The van der Waals surface area contributed by atoms with Crippen molar-refractivity contribution in [3.05, 3.63) is 54.4 Å². The Labute approximate surface area is 140 Å². The molecule has 1 aromatic carbocycles. The van der Waals surface area contributed by atoms with Gasteiger partial charge in [-0.25, -0.2) is 13.9 Å². The van der Waals surface area contributed by atoms with Gasteiger partial charge in [-0.05, 0) is 36.4 Å². The molecule has 0 aliphatic heterocycles. The number of carbonyl (C=O) groups excluding carboxylic acids is 1. The molecule has 1 amide bonds. The first kappa shape index (κ1) is 17.8. The molecular formula is C16H18N2O5S. The fraction of sp³-hybridized carbons (Fsp3) is 0.188. The third kappa shape index (κ3) is 4.97. The summed E-state index contributed by atoms with van der Waals surface area (Å²) in [6.45, 7) is 0.839. The number of benzene rings is 1. The summed E-state index contributed by atoms with van der Waals surface area (Å²) in [6.07, 6.45) is 5.75. The zero-order valence-corrected chi connectivity index (χ0v) is 13.9. The summed E-state index contributed by atoms with van der Waals surface area (Å²) in [5.74, 6) is -0.140. The van der Waals surface area contributed by atoms with Crippen molar-refractivity contribution in [2.45, 2.75) is 11.4 Å². The van der Waals surface area contributed by atoms with Crippen LogP contribution in [0, 0.1) is 0 Å². The maximum Gasteiger partial charge on any atom is 0.267 e. The molecule has 24 heavy (non-hydrogen) atoms. The summed E-state index contributed by atoms with van der Waals surface area (Å²) in [5, 5.41) is 8.46. The Kier molecular flexibility index (Phi) is 5.78. The van der Waals surface area contributed by atoms with Crippen LogP contribution >= 0.6 is 0 Å². The van der Waals surface area contributed by atoms with E-state index < -0.39 is 15.7 Å². The monoisotopic (exact) mass is 350 g/mol. The molecule has 2 aromatic rings. The first-order valence-corrected chi connectivity index (χ1v) is 8.99. The number of hydrogen-bond donors (Lipinski definition) is 2. The van der Waals surface area contributed by atoms with Crippen LogP contribution in [0.1, 0.15) is 5.69 Å². The highest BCUT2D eigenvalue weighted by Crippen LogP contribution is 2.17. The number of ether oxygens (including phenoxy) is 1. The van der Waals surface area contributed by atoms with E-state index in [1.54, 1.807) is 18.2 Å². The molecule has 0 atom stereocenters. The average Bonchev–Trinajstić information content (AvgIpc) is 2.99. The van der Waals surface area contributed by atoms with E-state index in [0.717, 1.165) is 11.9 Å². The van der Waals surface area contributed by atoms with Gasteiger partial charge in [0.1, 0.15) is 12.4 Å². The Hall–Kier alpha value is -2.58. The summed E-state index contributed by atoms with van der Waals surface area (Å²) >= 11 is 0. The molecule has 1 heterocycles. The van der Waals surface area contributed by atoms with Gasteiger partial charge < -0.3 is 9.30 Å². The number of aromatic nitrogens is 1. The van der Waals surface area contributed by atoms with Crippen LogP contribution in [0.2, 0.25) is 0 Å². The summed E-state index contributed by atoms with van der Waals surface area (Å²) < 4.78 is 30.5. The fourth-order valence-electron chi connectivity index (χ4n) is 2.04. The van der Waals surface area contributed by atoms with Crippen molar-refractivity contribution in [1.82, 2.24) is 10.0 Å². The first-order valence-electron chi connectivity index (χ1n) is 7.10. The largest absolute Gasteiger partial charge is 0.492 e. The van der Waals surface area contributed by atoms with Crippen LogP contribution in [-0.4, -0.2) is 37.0 Å². The van der Waals surface area contributed by atoms with Gasteiger partial charge in [-0.1, -0.05) is 6.07 Å². The number of rotatable bonds is 7. The lowest BCUT2D eigenvalue weighted by Gasteiger charge is -2.10. The molecule has 8 heteroatoms. The lowest BCUT2D eigenvalue weighted by atomic mass is 10.3. The number of sulfone groups is 1. The molecule has 2 rings (SSSR count). The van der Waals surface area contributed by atoms with Crippen molar-refractivity contribution in [3.8, 4) is 5.75 Å². The second kappa shape index (κ2) is 7.80. The van der Waals surface area contributed by atoms with Crippen LogP contribution in [0.5, 0.6) is 5.75 Å². The summed E-state index contributed by atoms with van der Waals surface area (Å²) in [5.41, 5.74) is 2.29. The van der Waals surface area contributed by atoms with Crippen molar-refractivity contribution in [2.75, 3.05) is 12.9 Å². The highest BCUT2D eigenvalue weighted by atomic mass is 32.2. The number of hydroxylamine groups is 1. The van der Waals surface area contributed by atoms with E-state index in [1.165, 1.54) is 23.7 Å². The molecule has 0 bridgehead atoms.